The highest BCUT2D eigenvalue weighted by Crippen LogP contribution is 2.42. The van der Waals surface area contributed by atoms with Crippen LogP contribution in [0.3, 0.4) is 0 Å². The summed E-state index contributed by atoms with van der Waals surface area (Å²) in [5.74, 6) is 0.632. The van der Waals surface area contributed by atoms with Gasteiger partial charge in [0.15, 0.2) is 5.58 Å². The summed E-state index contributed by atoms with van der Waals surface area (Å²) in [6, 6.07) is 64.5. The topological polar surface area (TPSA) is 29.3 Å². The quantitative estimate of drug-likeness (QED) is 0.176. The van der Waals surface area contributed by atoms with Crippen molar-refractivity contribution in [1.82, 2.24) is 4.98 Å². The van der Waals surface area contributed by atoms with Crippen LogP contribution >= 0.6 is 11.3 Å². The van der Waals surface area contributed by atoms with E-state index in [1.807, 2.05) is 41.7 Å². The molecule has 3 nitrogen and oxygen atoms in total. The summed E-state index contributed by atoms with van der Waals surface area (Å²) < 4.78 is 8.96. The fourth-order valence-corrected chi connectivity index (χ4v) is 8.36. The van der Waals surface area contributed by atoms with E-state index in [-0.39, 0.29) is 0 Å². The van der Waals surface area contributed by atoms with Gasteiger partial charge in [-0.25, -0.2) is 4.98 Å². The Kier molecular flexibility index (Phi) is 7.00. The number of oxazole rings is 1. The molecule has 8 aromatic carbocycles. The summed E-state index contributed by atoms with van der Waals surface area (Å²) in [7, 11) is 0. The number of nitrogens with zero attached hydrogens (tertiary/aromatic N) is 2. The predicted molar refractivity (Wildman–Crippen MR) is 215 cm³/mol. The predicted octanol–water partition coefficient (Wildman–Crippen LogP) is 13.8. The second-order valence-corrected chi connectivity index (χ2v) is 13.9. The van der Waals surface area contributed by atoms with Crippen molar-refractivity contribution in [3.8, 4) is 33.7 Å². The molecule has 0 N–H and O–H groups in total. The molecule has 0 unspecified atom stereocenters. The van der Waals surface area contributed by atoms with E-state index in [0.29, 0.717) is 5.89 Å². The van der Waals surface area contributed by atoms with Gasteiger partial charge in [0, 0.05) is 48.2 Å². The van der Waals surface area contributed by atoms with E-state index in [1.54, 1.807) is 0 Å². The molecule has 0 radical (unpaired) electrons. The lowest BCUT2D eigenvalue weighted by Gasteiger charge is -2.26. The number of rotatable bonds is 6. The Morgan fingerprint density at radius 2 is 0.961 bits per heavy atom. The average molecular weight is 671 g/mol. The Morgan fingerprint density at radius 1 is 0.412 bits per heavy atom. The van der Waals surface area contributed by atoms with Gasteiger partial charge in [-0.15, -0.1) is 11.3 Å². The molecular formula is C47H30N2OS. The second-order valence-electron chi connectivity index (χ2n) is 12.8. The lowest BCUT2D eigenvalue weighted by atomic mass is 9.97. The van der Waals surface area contributed by atoms with Crippen LogP contribution in [-0.2, 0) is 0 Å². The van der Waals surface area contributed by atoms with Crippen LogP contribution in [0.5, 0.6) is 0 Å². The average Bonchev–Trinajstić information content (AvgIpc) is 3.81. The molecule has 240 valence electrons. The van der Waals surface area contributed by atoms with Gasteiger partial charge in [-0.05, 0) is 88.3 Å². The molecule has 2 aromatic heterocycles. The van der Waals surface area contributed by atoms with Crippen LogP contribution in [0.15, 0.2) is 186 Å². The minimum atomic E-state index is 0.632. The van der Waals surface area contributed by atoms with Crippen molar-refractivity contribution in [1.29, 1.82) is 0 Å². The van der Waals surface area contributed by atoms with Crippen molar-refractivity contribution >= 4 is 70.4 Å². The van der Waals surface area contributed by atoms with Gasteiger partial charge in [0.2, 0.25) is 5.89 Å². The minimum absolute atomic E-state index is 0.632. The molecule has 10 rings (SSSR count). The molecule has 51 heavy (non-hydrogen) atoms. The number of thiophene rings is 1. The van der Waals surface area contributed by atoms with Gasteiger partial charge in [-0.1, -0.05) is 121 Å². The first-order chi connectivity index (χ1) is 25.3. The van der Waals surface area contributed by atoms with Crippen LogP contribution in [0.4, 0.5) is 17.1 Å². The van der Waals surface area contributed by atoms with Gasteiger partial charge in [0.05, 0.1) is 0 Å². The van der Waals surface area contributed by atoms with E-state index in [1.165, 1.54) is 31.3 Å². The van der Waals surface area contributed by atoms with Crippen LogP contribution in [-0.4, -0.2) is 4.98 Å². The van der Waals surface area contributed by atoms with E-state index in [9.17, 15) is 0 Å². The molecule has 0 aliphatic heterocycles. The van der Waals surface area contributed by atoms with Gasteiger partial charge < -0.3 is 9.32 Å². The standard InChI is InChI=1S/C47H30N2OS/c1-3-11-31(12-4-1)32-19-23-35(24-20-32)49(37-27-28-40-39-16-9-10-18-44(39)51-45(40)29-37)36-25-21-33(22-26-36)42-30-43-46(41-17-8-7-15-38(41)42)48-47(50-43)34-13-5-2-6-14-34/h1-30H. The highest BCUT2D eigenvalue weighted by molar-refractivity contribution is 7.25. The molecule has 2 heterocycles. The number of aromatic nitrogens is 1. The van der Waals surface area contributed by atoms with Crippen molar-refractivity contribution in [3.05, 3.63) is 182 Å². The zero-order valence-corrected chi connectivity index (χ0v) is 28.3. The number of hydrogen-bond donors (Lipinski definition) is 0. The summed E-state index contributed by atoms with van der Waals surface area (Å²) >= 11 is 1.84. The number of hydrogen-bond acceptors (Lipinski definition) is 4. The summed E-state index contributed by atoms with van der Waals surface area (Å²) in [5.41, 5.74) is 10.6. The molecule has 0 bridgehead atoms. The van der Waals surface area contributed by atoms with Crippen molar-refractivity contribution < 1.29 is 4.42 Å². The van der Waals surface area contributed by atoms with Crippen molar-refractivity contribution in [3.63, 3.8) is 0 Å². The van der Waals surface area contributed by atoms with Crippen LogP contribution in [0.2, 0.25) is 0 Å². The summed E-state index contributed by atoms with van der Waals surface area (Å²) in [5, 5.41) is 4.82. The zero-order chi connectivity index (χ0) is 33.7. The smallest absolute Gasteiger partial charge is 0.227 e. The Morgan fingerprint density at radius 3 is 1.69 bits per heavy atom. The Hall–Kier alpha value is -6.49. The van der Waals surface area contributed by atoms with E-state index >= 15 is 0 Å². The Bertz CT molecular complexity index is 2840. The maximum atomic E-state index is 6.38. The molecule has 0 atom stereocenters. The fraction of sp³-hybridized carbons (Fsp3) is 0. The van der Waals surface area contributed by atoms with Crippen LogP contribution in [0, 0.1) is 0 Å². The lowest BCUT2D eigenvalue weighted by molar-refractivity contribution is 0.620. The normalized spacial score (nSPS) is 11.5. The Labute approximate surface area is 299 Å². The summed E-state index contributed by atoms with van der Waals surface area (Å²) in [6.07, 6.45) is 0. The van der Waals surface area contributed by atoms with E-state index < -0.39 is 0 Å². The highest BCUT2D eigenvalue weighted by Gasteiger charge is 2.18. The summed E-state index contributed by atoms with van der Waals surface area (Å²) in [4.78, 5) is 7.29. The largest absolute Gasteiger partial charge is 0.436 e. The first-order valence-electron chi connectivity index (χ1n) is 17.1. The minimum Gasteiger partial charge on any atom is -0.436 e. The number of benzene rings is 8. The van der Waals surface area contributed by atoms with Crippen LogP contribution in [0.25, 0.3) is 75.8 Å². The van der Waals surface area contributed by atoms with Crippen molar-refractivity contribution in [2.45, 2.75) is 0 Å². The fourth-order valence-electron chi connectivity index (χ4n) is 7.22. The lowest BCUT2D eigenvalue weighted by Crippen LogP contribution is -2.09. The third-order valence-electron chi connectivity index (χ3n) is 9.71. The molecule has 0 saturated heterocycles. The van der Waals surface area contributed by atoms with Gasteiger partial charge >= 0.3 is 0 Å². The van der Waals surface area contributed by atoms with Gasteiger partial charge in [0.1, 0.15) is 5.52 Å². The van der Waals surface area contributed by atoms with E-state index in [2.05, 4.69) is 157 Å². The summed E-state index contributed by atoms with van der Waals surface area (Å²) in [6.45, 7) is 0. The maximum Gasteiger partial charge on any atom is 0.227 e. The molecule has 0 spiro atoms. The van der Waals surface area contributed by atoms with Crippen LogP contribution < -0.4 is 4.90 Å². The molecule has 0 saturated carbocycles. The molecule has 0 aliphatic rings. The monoisotopic (exact) mass is 670 g/mol. The van der Waals surface area contributed by atoms with E-state index in [0.717, 1.165) is 55.6 Å². The first kappa shape index (κ1) is 29.4. The molecule has 0 fully saturated rings. The maximum absolute atomic E-state index is 6.38. The number of fused-ring (bicyclic) bond motifs is 6. The third kappa shape index (κ3) is 5.16. The van der Waals surface area contributed by atoms with Gasteiger partial charge in [-0.3, -0.25) is 0 Å². The van der Waals surface area contributed by atoms with Crippen molar-refractivity contribution in [2.24, 2.45) is 0 Å². The number of anilines is 3. The second kappa shape index (κ2) is 12.1. The zero-order valence-electron chi connectivity index (χ0n) is 27.5. The molecule has 4 heteroatoms. The molecule has 0 aliphatic carbocycles. The van der Waals surface area contributed by atoms with E-state index in [4.69, 9.17) is 9.40 Å². The SMILES string of the molecule is c1ccc(-c2ccc(N(c3ccc(-c4cc5oc(-c6ccccc6)nc5c5ccccc45)cc3)c3ccc4c(c3)sc3ccccc34)cc2)cc1. The molecular weight excluding hydrogens is 641 g/mol. The third-order valence-corrected chi connectivity index (χ3v) is 10.8. The first-order valence-corrected chi connectivity index (χ1v) is 17.9. The molecule has 0 amide bonds. The molecule has 10 aromatic rings. The van der Waals surface area contributed by atoms with Crippen molar-refractivity contribution in [2.75, 3.05) is 4.90 Å². The van der Waals surface area contributed by atoms with Gasteiger partial charge in [0.25, 0.3) is 0 Å². The van der Waals surface area contributed by atoms with Gasteiger partial charge in [-0.2, -0.15) is 0 Å². The van der Waals surface area contributed by atoms with Crippen LogP contribution in [0.1, 0.15) is 0 Å². The Balaban J connectivity index is 1.09. The highest BCUT2D eigenvalue weighted by atomic mass is 32.1.